The molecule has 2 aromatic rings. The number of ether oxygens (including phenoxy) is 2. The lowest BCUT2D eigenvalue weighted by molar-refractivity contribution is -0.133. The first-order valence-corrected chi connectivity index (χ1v) is 10.9. The molecule has 1 aromatic heterocycles. The average Bonchev–Trinajstić information content (AvgIpc) is 3.16. The van der Waals surface area contributed by atoms with Crippen molar-refractivity contribution in [3.8, 4) is 11.8 Å². The predicted octanol–water partition coefficient (Wildman–Crippen LogP) is 2.76. The summed E-state index contributed by atoms with van der Waals surface area (Å²) >= 11 is 0. The van der Waals surface area contributed by atoms with Gasteiger partial charge in [0.05, 0.1) is 25.7 Å². The number of carbonyl (C=O) groups excluding carboxylic acids is 1. The summed E-state index contributed by atoms with van der Waals surface area (Å²) in [5, 5.41) is 10.0. The van der Waals surface area contributed by atoms with Crippen LogP contribution in [0.25, 0.3) is 11.0 Å². The molecule has 0 spiro atoms. The maximum absolute atomic E-state index is 12.8. The van der Waals surface area contributed by atoms with Gasteiger partial charge in [0.15, 0.2) is 6.61 Å². The second-order valence-electron chi connectivity index (χ2n) is 7.90. The Morgan fingerprint density at radius 2 is 2.03 bits per heavy atom. The Hall–Kier alpha value is -2.56. The molecular weight excluding hydrogens is 382 g/mol. The standard InChI is InChI=1S/C23H29N3O4/c24-8-3-9-26(11-10-25-12-14-28-15-13-25)23(27)17-29-18-6-7-22-20(16-18)19-4-1-2-5-21(19)30-22/h6-7,16H,1-5,9-15,17H2. The highest BCUT2D eigenvalue weighted by Gasteiger charge is 2.20. The van der Waals surface area contributed by atoms with Gasteiger partial charge in [-0.2, -0.15) is 5.26 Å². The van der Waals surface area contributed by atoms with Crippen molar-refractivity contribution < 1.29 is 18.7 Å². The van der Waals surface area contributed by atoms with Gasteiger partial charge in [-0.3, -0.25) is 9.69 Å². The van der Waals surface area contributed by atoms with Gasteiger partial charge in [0.2, 0.25) is 0 Å². The van der Waals surface area contributed by atoms with E-state index in [9.17, 15) is 4.79 Å². The fourth-order valence-corrected chi connectivity index (χ4v) is 4.20. The normalized spacial score (nSPS) is 16.8. The van der Waals surface area contributed by atoms with Gasteiger partial charge >= 0.3 is 0 Å². The van der Waals surface area contributed by atoms with E-state index in [2.05, 4.69) is 11.0 Å². The molecule has 0 bridgehead atoms. The lowest BCUT2D eigenvalue weighted by atomic mass is 9.96. The van der Waals surface area contributed by atoms with Crippen LogP contribution >= 0.6 is 0 Å². The number of amides is 1. The quantitative estimate of drug-likeness (QED) is 0.665. The van der Waals surface area contributed by atoms with Crippen LogP contribution in [0.1, 0.15) is 30.6 Å². The Bertz CT molecular complexity index is 911. The molecule has 1 amide bonds. The zero-order valence-corrected chi connectivity index (χ0v) is 17.4. The molecule has 1 fully saturated rings. The van der Waals surface area contributed by atoms with Crippen LogP contribution in [-0.2, 0) is 22.4 Å². The molecule has 0 saturated carbocycles. The maximum Gasteiger partial charge on any atom is 0.260 e. The van der Waals surface area contributed by atoms with Gasteiger partial charge in [-0.15, -0.1) is 0 Å². The highest BCUT2D eigenvalue weighted by molar-refractivity contribution is 5.84. The minimum Gasteiger partial charge on any atom is -0.484 e. The maximum atomic E-state index is 12.8. The molecule has 4 rings (SSSR count). The summed E-state index contributed by atoms with van der Waals surface area (Å²) in [4.78, 5) is 16.8. The number of nitrogens with zero attached hydrogens (tertiary/aromatic N) is 3. The molecule has 160 valence electrons. The Kier molecular flexibility index (Phi) is 6.88. The second-order valence-corrected chi connectivity index (χ2v) is 7.90. The highest BCUT2D eigenvalue weighted by atomic mass is 16.5. The smallest absolute Gasteiger partial charge is 0.260 e. The molecule has 0 atom stereocenters. The van der Waals surface area contributed by atoms with Crippen LogP contribution in [-0.4, -0.2) is 68.3 Å². The first-order chi connectivity index (χ1) is 14.7. The number of hydrogen-bond acceptors (Lipinski definition) is 6. The summed E-state index contributed by atoms with van der Waals surface area (Å²) < 4.78 is 17.2. The van der Waals surface area contributed by atoms with Crippen molar-refractivity contribution in [2.24, 2.45) is 0 Å². The summed E-state index contributed by atoms with van der Waals surface area (Å²) in [6.45, 7) is 5.01. The van der Waals surface area contributed by atoms with Crippen LogP contribution in [0.3, 0.4) is 0 Å². The van der Waals surface area contributed by atoms with E-state index in [4.69, 9.17) is 19.2 Å². The van der Waals surface area contributed by atoms with Gasteiger partial charge < -0.3 is 18.8 Å². The van der Waals surface area contributed by atoms with E-state index >= 15 is 0 Å². The number of benzene rings is 1. The summed E-state index contributed by atoms with van der Waals surface area (Å²) in [5.41, 5.74) is 2.18. The monoisotopic (exact) mass is 411 g/mol. The SMILES string of the molecule is N#CCCN(CCN1CCOCC1)C(=O)COc1ccc2oc3c(c2c1)CCCC3. The second kappa shape index (κ2) is 9.96. The van der Waals surface area contributed by atoms with Crippen LogP contribution in [0.2, 0.25) is 0 Å². The molecule has 0 radical (unpaired) electrons. The first-order valence-electron chi connectivity index (χ1n) is 10.9. The average molecular weight is 412 g/mol. The van der Waals surface area contributed by atoms with Crippen LogP contribution in [0.4, 0.5) is 0 Å². The Labute approximate surface area is 177 Å². The molecular formula is C23H29N3O4. The molecule has 30 heavy (non-hydrogen) atoms. The lowest BCUT2D eigenvalue weighted by Gasteiger charge is -2.29. The van der Waals surface area contributed by atoms with E-state index in [0.717, 1.165) is 62.4 Å². The lowest BCUT2D eigenvalue weighted by Crippen LogP contribution is -2.44. The summed E-state index contributed by atoms with van der Waals surface area (Å²) in [7, 11) is 0. The third kappa shape index (κ3) is 4.94. The van der Waals surface area contributed by atoms with E-state index in [0.29, 0.717) is 25.3 Å². The number of nitriles is 1. The zero-order chi connectivity index (χ0) is 20.8. The van der Waals surface area contributed by atoms with Crippen molar-refractivity contribution in [3.05, 3.63) is 29.5 Å². The largest absolute Gasteiger partial charge is 0.484 e. The van der Waals surface area contributed by atoms with Crippen LogP contribution < -0.4 is 4.74 Å². The summed E-state index contributed by atoms with van der Waals surface area (Å²) in [5.74, 6) is 1.68. The van der Waals surface area contributed by atoms with E-state index in [1.807, 2.05) is 18.2 Å². The van der Waals surface area contributed by atoms with Crippen LogP contribution in [0.5, 0.6) is 5.75 Å². The fourth-order valence-electron chi connectivity index (χ4n) is 4.20. The molecule has 1 aromatic carbocycles. The van der Waals surface area contributed by atoms with Crippen molar-refractivity contribution in [3.63, 3.8) is 0 Å². The molecule has 2 heterocycles. The third-order valence-electron chi connectivity index (χ3n) is 5.92. The van der Waals surface area contributed by atoms with Crippen molar-refractivity contribution in [2.45, 2.75) is 32.1 Å². The molecule has 1 aliphatic carbocycles. The number of hydrogen-bond donors (Lipinski definition) is 0. The number of aryl methyl sites for hydroxylation is 2. The molecule has 1 saturated heterocycles. The Morgan fingerprint density at radius 3 is 2.87 bits per heavy atom. The van der Waals surface area contributed by atoms with E-state index in [1.165, 1.54) is 18.4 Å². The topological polar surface area (TPSA) is 78.9 Å². The van der Waals surface area contributed by atoms with Gasteiger partial charge in [-0.05, 0) is 37.5 Å². The third-order valence-corrected chi connectivity index (χ3v) is 5.92. The molecule has 1 aliphatic heterocycles. The minimum atomic E-state index is -0.0900. The minimum absolute atomic E-state index is 0.0277. The van der Waals surface area contributed by atoms with Gasteiger partial charge in [-0.25, -0.2) is 0 Å². The first kappa shape index (κ1) is 20.7. The number of fused-ring (bicyclic) bond motifs is 3. The van der Waals surface area contributed by atoms with E-state index < -0.39 is 0 Å². The molecule has 0 unspecified atom stereocenters. The fraction of sp³-hybridized carbons (Fsp3) is 0.565. The van der Waals surface area contributed by atoms with Crippen molar-refractivity contribution >= 4 is 16.9 Å². The summed E-state index contributed by atoms with van der Waals surface area (Å²) in [6.07, 6.45) is 4.71. The van der Waals surface area contributed by atoms with Crippen LogP contribution in [0.15, 0.2) is 22.6 Å². The van der Waals surface area contributed by atoms with E-state index in [1.54, 1.807) is 4.90 Å². The van der Waals surface area contributed by atoms with Crippen LogP contribution in [0, 0.1) is 11.3 Å². The van der Waals surface area contributed by atoms with Crippen molar-refractivity contribution in [1.82, 2.24) is 9.80 Å². The van der Waals surface area contributed by atoms with Gasteiger partial charge in [-0.1, -0.05) is 0 Å². The molecule has 7 nitrogen and oxygen atoms in total. The number of morpholine rings is 1. The molecule has 2 aliphatic rings. The van der Waals surface area contributed by atoms with Gasteiger partial charge in [0.25, 0.3) is 5.91 Å². The molecule has 7 heteroatoms. The zero-order valence-electron chi connectivity index (χ0n) is 17.4. The number of furan rings is 1. The van der Waals surface area contributed by atoms with Crippen molar-refractivity contribution in [1.29, 1.82) is 5.26 Å². The predicted molar refractivity (Wildman–Crippen MR) is 112 cm³/mol. The number of carbonyl (C=O) groups is 1. The Morgan fingerprint density at radius 1 is 1.20 bits per heavy atom. The summed E-state index contributed by atoms with van der Waals surface area (Å²) in [6, 6.07) is 7.91. The number of rotatable bonds is 8. The highest BCUT2D eigenvalue weighted by Crippen LogP contribution is 2.33. The molecule has 0 N–H and O–H groups in total. The van der Waals surface area contributed by atoms with Crippen molar-refractivity contribution in [2.75, 3.05) is 52.5 Å². The Balaban J connectivity index is 1.36. The van der Waals surface area contributed by atoms with Gasteiger partial charge in [0, 0.05) is 50.1 Å². The van der Waals surface area contributed by atoms with Gasteiger partial charge in [0.1, 0.15) is 17.1 Å². The van der Waals surface area contributed by atoms with E-state index in [-0.39, 0.29) is 12.5 Å².